The van der Waals surface area contributed by atoms with Gasteiger partial charge in [-0.25, -0.2) is 18.4 Å². The Morgan fingerprint density at radius 2 is 2.06 bits per heavy atom. The van der Waals surface area contributed by atoms with Crippen LogP contribution >= 0.6 is 23.1 Å². The Hall–Kier alpha value is -2.47. The number of rotatable bonds is 6. The minimum Gasteiger partial charge on any atom is -0.464 e. The summed E-state index contributed by atoms with van der Waals surface area (Å²) in [5.41, 5.74) is 0.516. The number of aromatic amines is 1. The third kappa shape index (κ3) is 3.93. The quantitative estimate of drug-likeness (QED) is 0.424. The predicted molar refractivity (Wildman–Crippen MR) is 120 cm³/mol. The summed E-state index contributed by atoms with van der Waals surface area (Å²) in [5, 5.41) is 3.04. The summed E-state index contributed by atoms with van der Waals surface area (Å²) in [5.74, 6) is 1.57. The molecule has 0 spiro atoms. The van der Waals surface area contributed by atoms with Crippen molar-refractivity contribution in [1.82, 2.24) is 19.3 Å². The molecule has 0 aromatic carbocycles. The molecule has 0 bridgehead atoms. The highest BCUT2D eigenvalue weighted by Crippen LogP contribution is 2.31. The second-order valence-corrected chi connectivity index (χ2v) is 10.8. The van der Waals surface area contributed by atoms with Gasteiger partial charge in [-0.2, -0.15) is 4.31 Å². The third-order valence-electron chi connectivity index (χ3n) is 5.05. The molecule has 160 valence electrons. The van der Waals surface area contributed by atoms with Crippen LogP contribution in [0.4, 0.5) is 0 Å². The number of hydrogen-bond acceptors (Lipinski definition) is 8. The van der Waals surface area contributed by atoms with E-state index < -0.39 is 10.0 Å². The molecule has 0 amide bonds. The lowest BCUT2D eigenvalue weighted by Gasteiger charge is -2.15. The second kappa shape index (κ2) is 8.23. The van der Waals surface area contributed by atoms with Crippen LogP contribution in [0.3, 0.4) is 0 Å². The maximum atomic E-state index is 12.6. The fourth-order valence-corrected chi connectivity index (χ4v) is 6.62. The number of sulfonamides is 1. The van der Waals surface area contributed by atoms with Crippen molar-refractivity contribution in [1.29, 1.82) is 0 Å². The van der Waals surface area contributed by atoms with Gasteiger partial charge in [0.25, 0.3) is 5.56 Å². The van der Waals surface area contributed by atoms with Crippen molar-refractivity contribution in [3.05, 3.63) is 58.3 Å². The first-order valence-corrected chi connectivity index (χ1v) is 13.0. The molecule has 1 fully saturated rings. The average Bonchev–Trinajstić information content (AvgIpc) is 3.54. The van der Waals surface area contributed by atoms with E-state index in [4.69, 9.17) is 4.42 Å². The van der Waals surface area contributed by atoms with E-state index in [1.807, 2.05) is 11.4 Å². The molecule has 0 aliphatic carbocycles. The molecule has 0 saturated carbocycles. The Morgan fingerprint density at radius 1 is 1.23 bits per heavy atom. The second-order valence-electron chi connectivity index (χ2n) is 7.05. The summed E-state index contributed by atoms with van der Waals surface area (Å²) in [7, 11) is -3.47. The number of fused-ring (bicyclic) bond motifs is 1. The topological polar surface area (TPSA) is 109 Å². The lowest BCUT2D eigenvalue weighted by molar-refractivity contribution is 0.477. The maximum absolute atomic E-state index is 12.6. The highest BCUT2D eigenvalue weighted by Gasteiger charge is 2.27. The van der Waals surface area contributed by atoms with E-state index in [0.717, 1.165) is 18.4 Å². The van der Waals surface area contributed by atoms with E-state index in [1.165, 1.54) is 33.6 Å². The van der Waals surface area contributed by atoms with Crippen LogP contribution in [0.5, 0.6) is 0 Å². The molecule has 0 atom stereocenters. The van der Waals surface area contributed by atoms with Gasteiger partial charge >= 0.3 is 0 Å². The van der Waals surface area contributed by atoms with E-state index in [1.54, 1.807) is 24.5 Å². The minimum absolute atomic E-state index is 0.204. The number of thioether (sulfide) groups is 1. The third-order valence-corrected chi connectivity index (χ3v) is 8.76. The van der Waals surface area contributed by atoms with Gasteiger partial charge < -0.3 is 9.40 Å². The van der Waals surface area contributed by atoms with Gasteiger partial charge in [-0.3, -0.25) is 4.79 Å². The zero-order valence-corrected chi connectivity index (χ0v) is 18.7. The van der Waals surface area contributed by atoms with Crippen LogP contribution in [-0.4, -0.2) is 40.8 Å². The molecular weight excluding hydrogens is 456 g/mol. The first-order chi connectivity index (χ1) is 15.0. The minimum atomic E-state index is -3.47. The SMILES string of the molecule is O=c1[nH]c(CSc2ccc(S(=O)(=O)N3CCCC3)cn2)nc2scc(-c3ccco3)c12. The molecule has 1 saturated heterocycles. The van der Waals surface area contributed by atoms with Crippen LogP contribution in [0.2, 0.25) is 0 Å². The number of furan rings is 1. The summed E-state index contributed by atoms with van der Waals surface area (Å²) in [4.78, 5) is 25.2. The zero-order valence-electron chi connectivity index (χ0n) is 16.3. The summed E-state index contributed by atoms with van der Waals surface area (Å²) in [6, 6.07) is 6.85. The van der Waals surface area contributed by atoms with Crippen LogP contribution in [0.25, 0.3) is 21.5 Å². The number of aromatic nitrogens is 3. The Morgan fingerprint density at radius 3 is 2.77 bits per heavy atom. The molecular formula is C20H18N4O4S3. The highest BCUT2D eigenvalue weighted by molar-refractivity contribution is 7.98. The lowest BCUT2D eigenvalue weighted by atomic mass is 10.2. The van der Waals surface area contributed by atoms with Gasteiger partial charge in [0.05, 0.1) is 22.4 Å². The molecule has 1 aliphatic rings. The van der Waals surface area contributed by atoms with E-state index in [9.17, 15) is 13.2 Å². The maximum Gasteiger partial charge on any atom is 0.260 e. The first-order valence-electron chi connectivity index (χ1n) is 9.66. The summed E-state index contributed by atoms with van der Waals surface area (Å²) in [6.45, 7) is 1.12. The molecule has 0 unspecified atom stereocenters. The van der Waals surface area contributed by atoms with E-state index in [-0.39, 0.29) is 10.5 Å². The highest BCUT2D eigenvalue weighted by atomic mass is 32.2. The lowest BCUT2D eigenvalue weighted by Crippen LogP contribution is -2.27. The number of thiophene rings is 1. The number of H-pyrrole nitrogens is 1. The molecule has 1 aliphatic heterocycles. The molecule has 11 heteroatoms. The van der Waals surface area contributed by atoms with Crippen LogP contribution in [0.15, 0.2) is 61.2 Å². The number of pyridine rings is 1. The van der Waals surface area contributed by atoms with Crippen molar-refractivity contribution in [2.75, 3.05) is 13.1 Å². The van der Waals surface area contributed by atoms with E-state index in [2.05, 4.69) is 15.0 Å². The van der Waals surface area contributed by atoms with E-state index in [0.29, 0.717) is 45.7 Å². The van der Waals surface area contributed by atoms with Crippen molar-refractivity contribution in [2.24, 2.45) is 0 Å². The molecule has 1 N–H and O–H groups in total. The van der Waals surface area contributed by atoms with Gasteiger partial charge in [0.2, 0.25) is 10.0 Å². The monoisotopic (exact) mass is 474 g/mol. The zero-order chi connectivity index (χ0) is 21.4. The fraction of sp³-hybridized carbons (Fsp3) is 0.250. The molecule has 31 heavy (non-hydrogen) atoms. The Bertz CT molecular complexity index is 1370. The van der Waals surface area contributed by atoms with Gasteiger partial charge in [0.1, 0.15) is 21.3 Å². The van der Waals surface area contributed by atoms with Crippen molar-refractivity contribution in [2.45, 2.75) is 28.5 Å². The van der Waals surface area contributed by atoms with Crippen molar-refractivity contribution in [3.8, 4) is 11.3 Å². The molecule has 4 aromatic rings. The van der Waals surface area contributed by atoms with Gasteiger partial charge in [-0.15, -0.1) is 11.3 Å². The average molecular weight is 475 g/mol. The first kappa shape index (κ1) is 20.4. The van der Waals surface area contributed by atoms with Gasteiger partial charge in [0, 0.05) is 30.2 Å². The van der Waals surface area contributed by atoms with Gasteiger partial charge in [-0.05, 0) is 37.1 Å². The van der Waals surface area contributed by atoms with Gasteiger partial charge in [0.15, 0.2) is 0 Å². The van der Waals surface area contributed by atoms with Crippen LogP contribution in [0, 0.1) is 0 Å². The number of nitrogens with one attached hydrogen (secondary N) is 1. The molecule has 0 radical (unpaired) electrons. The van der Waals surface area contributed by atoms with Crippen LogP contribution in [-0.2, 0) is 15.8 Å². The molecule has 5 heterocycles. The smallest absolute Gasteiger partial charge is 0.260 e. The Balaban J connectivity index is 1.32. The standard InChI is InChI=1S/C20H18N4O4S3/c25-19-18-14(15-4-3-9-28-15)11-30-20(18)23-16(22-19)12-29-17-6-5-13(10-21-17)31(26,27)24-7-1-2-8-24/h3-6,9-11H,1-2,7-8,12H2,(H,22,23,25). The van der Waals surface area contributed by atoms with Crippen molar-refractivity contribution < 1.29 is 12.8 Å². The molecule has 5 rings (SSSR count). The van der Waals surface area contributed by atoms with Crippen LogP contribution in [0.1, 0.15) is 18.7 Å². The van der Waals surface area contributed by atoms with Crippen molar-refractivity contribution in [3.63, 3.8) is 0 Å². The summed E-state index contributed by atoms with van der Waals surface area (Å²) >= 11 is 2.77. The Kier molecular flexibility index (Phi) is 5.42. The number of hydrogen-bond donors (Lipinski definition) is 1. The normalized spacial score (nSPS) is 15.1. The largest absolute Gasteiger partial charge is 0.464 e. The van der Waals surface area contributed by atoms with Crippen LogP contribution < -0.4 is 5.56 Å². The summed E-state index contributed by atoms with van der Waals surface area (Å²) in [6.07, 6.45) is 4.75. The van der Waals surface area contributed by atoms with Gasteiger partial charge in [-0.1, -0.05) is 11.8 Å². The predicted octanol–water partition coefficient (Wildman–Crippen LogP) is 3.72. The molecule has 4 aromatic heterocycles. The van der Waals surface area contributed by atoms with E-state index >= 15 is 0 Å². The summed E-state index contributed by atoms with van der Waals surface area (Å²) < 4.78 is 32.1. The number of nitrogens with zero attached hydrogens (tertiary/aromatic N) is 3. The van der Waals surface area contributed by atoms with Crippen molar-refractivity contribution >= 4 is 43.3 Å². The fourth-order valence-electron chi connectivity index (χ4n) is 3.50. The molecule has 8 nitrogen and oxygen atoms in total. The Labute approximate surface area is 186 Å².